The zero-order valence-electron chi connectivity index (χ0n) is 15.8. The number of carbonyl (C=O) groups excluding carboxylic acids is 2. The van der Waals surface area contributed by atoms with Gasteiger partial charge in [-0.25, -0.2) is 4.98 Å². The van der Waals surface area contributed by atoms with Gasteiger partial charge in [-0.15, -0.1) is 11.3 Å². The molecule has 1 saturated heterocycles. The van der Waals surface area contributed by atoms with Crippen LogP contribution in [-0.4, -0.2) is 52.8 Å². The number of hydrogen-bond acceptors (Lipinski definition) is 5. The molecule has 28 heavy (non-hydrogen) atoms. The smallest absolute Gasteiger partial charge is 0.253 e. The van der Waals surface area contributed by atoms with Gasteiger partial charge in [-0.05, 0) is 43.4 Å². The van der Waals surface area contributed by atoms with Crippen LogP contribution in [0.25, 0.3) is 0 Å². The lowest BCUT2D eigenvalue weighted by Crippen LogP contribution is -2.51. The minimum absolute atomic E-state index is 0.0179. The van der Waals surface area contributed by atoms with E-state index in [1.54, 1.807) is 47.4 Å². The zero-order valence-corrected chi connectivity index (χ0v) is 18.2. The summed E-state index contributed by atoms with van der Waals surface area (Å²) in [6.45, 7) is 1.38. The van der Waals surface area contributed by atoms with Gasteiger partial charge >= 0.3 is 0 Å². The van der Waals surface area contributed by atoms with E-state index in [0.717, 1.165) is 30.1 Å². The van der Waals surface area contributed by atoms with E-state index < -0.39 is 6.04 Å². The van der Waals surface area contributed by atoms with Crippen LogP contribution in [0.15, 0.2) is 35.8 Å². The van der Waals surface area contributed by atoms with Crippen LogP contribution in [-0.2, 0) is 4.79 Å². The molecule has 150 valence electrons. The Balaban J connectivity index is 1.70. The highest BCUT2D eigenvalue weighted by molar-refractivity contribution is 7.98. The Kier molecular flexibility index (Phi) is 7.76. The molecule has 2 amide bonds. The Bertz CT molecular complexity index is 801. The maximum atomic E-state index is 13.2. The SMILES string of the molecule is CSCCC(NC(=O)c1ccccc1Cl)C(=O)N1CCCC(c2nccs2)C1. The highest BCUT2D eigenvalue weighted by Crippen LogP contribution is 2.28. The molecule has 0 saturated carbocycles. The lowest BCUT2D eigenvalue weighted by atomic mass is 9.97. The molecule has 2 aromatic rings. The molecule has 2 atom stereocenters. The van der Waals surface area contributed by atoms with E-state index in [0.29, 0.717) is 23.6 Å². The second kappa shape index (κ2) is 10.3. The number of thiazole rings is 1. The van der Waals surface area contributed by atoms with Gasteiger partial charge in [0.2, 0.25) is 5.91 Å². The molecule has 1 aliphatic rings. The number of halogens is 1. The van der Waals surface area contributed by atoms with E-state index in [2.05, 4.69) is 10.3 Å². The fourth-order valence-corrected chi connectivity index (χ4v) is 4.87. The highest BCUT2D eigenvalue weighted by Gasteiger charge is 2.31. The van der Waals surface area contributed by atoms with Crippen molar-refractivity contribution in [2.75, 3.05) is 25.1 Å². The van der Waals surface area contributed by atoms with Crippen molar-refractivity contribution in [2.45, 2.75) is 31.2 Å². The molecule has 0 radical (unpaired) electrons. The van der Waals surface area contributed by atoms with Gasteiger partial charge in [-0.3, -0.25) is 9.59 Å². The maximum absolute atomic E-state index is 13.2. The number of carbonyl (C=O) groups is 2. The lowest BCUT2D eigenvalue weighted by molar-refractivity contribution is -0.134. The quantitative estimate of drug-likeness (QED) is 0.709. The largest absolute Gasteiger partial charge is 0.340 e. The molecule has 1 aromatic heterocycles. The van der Waals surface area contributed by atoms with E-state index in [-0.39, 0.29) is 17.7 Å². The molecule has 2 heterocycles. The number of thioether (sulfide) groups is 1. The molecule has 5 nitrogen and oxygen atoms in total. The second-order valence-electron chi connectivity index (χ2n) is 6.78. The van der Waals surface area contributed by atoms with Crippen molar-refractivity contribution in [1.29, 1.82) is 0 Å². The first-order chi connectivity index (χ1) is 13.6. The molecular weight excluding hydrogens is 414 g/mol. The molecule has 1 aliphatic heterocycles. The number of piperidine rings is 1. The average Bonchev–Trinajstić information content (AvgIpc) is 3.26. The van der Waals surface area contributed by atoms with Crippen molar-refractivity contribution in [3.8, 4) is 0 Å². The zero-order chi connectivity index (χ0) is 19.9. The van der Waals surface area contributed by atoms with E-state index in [9.17, 15) is 9.59 Å². The van der Waals surface area contributed by atoms with Gasteiger partial charge in [-0.2, -0.15) is 11.8 Å². The van der Waals surface area contributed by atoms with E-state index in [1.165, 1.54) is 0 Å². The van der Waals surface area contributed by atoms with Gasteiger partial charge in [0.1, 0.15) is 6.04 Å². The number of amides is 2. The number of hydrogen-bond donors (Lipinski definition) is 1. The van der Waals surface area contributed by atoms with Gasteiger partial charge in [-0.1, -0.05) is 23.7 Å². The lowest BCUT2D eigenvalue weighted by Gasteiger charge is -2.34. The molecular formula is C20H24ClN3O2S2. The predicted octanol–water partition coefficient (Wildman–Crippen LogP) is 4.05. The van der Waals surface area contributed by atoms with Crippen LogP contribution in [0.1, 0.15) is 40.5 Å². The summed E-state index contributed by atoms with van der Waals surface area (Å²) in [6, 6.07) is 6.35. The van der Waals surface area contributed by atoms with Crippen molar-refractivity contribution in [3.05, 3.63) is 51.4 Å². The summed E-state index contributed by atoms with van der Waals surface area (Å²) >= 11 is 9.45. The fraction of sp³-hybridized carbons (Fsp3) is 0.450. The molecule has 1 N–H and O–H groups in total. The van der Waals surface area contributed by atoms with Crippen molar-refractivity contribution in [1.82, 2.24) is 15.2 Å². The Morgan fingerprint density at radius 3 is 2.96 bits per heavy atom. The first kappa shape index (κ1) is 21.1. The summed E-state index contributed by atoms with van der Waals surface area (Å²) in [6.07, 6.45) is 6.39. The number of nitrogens with one attached hydrogen (secondary N) is 1. The van der Waals surface area contributed by atoms with Crippen molar-refractivity contribution < 1.29 is 9.59 Å². The minimum atomic E-state index is -0.550. The Labute approximate surface area is 178 Å². The van der Waals surface area contributed by atoms with Crippen LogP contribution < -0.4 is 5.32 Å². The third-order valence-electron chi connectivity index (χ3n) is 4.87. The van der Waals surface area contributed by atoms with E-state index in [4.69, 9.17) is 11.6 Å². The molecule has 0 aliphatic carbocycles. The van der Waals surface area contributed by atoms with E-state index in [1.807, 2.05) is 22.7 Å². The molecule has 1 fully saturated rings. The summed E-state index contributed by atoms with van der Waals surface area (Å²) in [5.74, 6) is 0.746. The number of aromatic nitrogens is 1. The van der Waals surface area contributed by atoms with Crippen LogP contribution in [0, 0.1) is 0 Å². The van der Waals surface area contributed by atoms with Gasteiger partial charge in [0.25, 0.3) is 5.91 Å². The van der Waals surface area contributed by atoms with E-state index >= 15 is 0 Å². The Hall–Kier alpha value is -1.57. The van der Waals surface area contributed by atoms with Gasteiger partial charge < -0.3 is 10.2 Å². The molecule has 8 heteroatoms. The summed E-state index contributed by atoms with van der Waals surface area (Å²) < 4.78 is 0. The van der Waals surface area contributed by atoms with Crippen molar-refractivity contribution in [3.63, 3.8) is 0 Å². The number of benzene rings is 1. The topological polar surface area (TPSA) is 62.3 Å². The number of nitrogens with zero attached hydrogens (tertiary/aromatic N) is 2. The predicted molar refractivity (Wildman–Crippen MR) is 116 cm³/mol. The van der Waals surface area contributed by atoms with Crippen molar-refractivity contribution in [2.24, 2.45) is 0 Å². The third-order valence-corrected chi connectivity index (χ3v) is 6.78. The first-order valence-corrected chi connectivity index (χ1v) is 12.0. The molecule has 0 bridgehead atoms. The van der Waals surface area contributed by atoms with Crippen LogP contribution in [0.2, 0.25) is 5.02 Å². The third kappa shape index (κ3) is 5.27. The average molecular weight is 438 g/mol. The van der Waals surface area contributed by atoms with Crippen LogP contribution in [0.5, 0.6) is 0 Å². The summed E-state index contributed by atoms with van der Waals surface area (Å²) in [7, 11) is 0. The van der Waals surface area contributed by atoms with Gasteiger partial charge in [0.15, 0.2) is 0 Å². The normalized spacial score (nSPS) is 17.9. The fourth-order valence-electron chi connectivity index (χ4n) is 3.41. The van der Waals surface area contributed by atoms with Gasteiger partial charge in [0.05, 0.1) is 15.6 Å². The molecule has 1 aromatic carbocycles. The maximum Gasteiger partial charge on any atom is 0.253 e. The van der Waals surface area contributed by atoms with Gasteiger partial charge in [0, 0.05) is 30.6 Å². The number of likely N-dealkylation sites (tertiary alicyclic amines) is 1. The van der Waals surface area contributed by atoms with Crippen molar-refractivity contribution >= 4 is 46.5 Å². The Morgan fingerprint density at radius 1 is 1.43 bits per heavy atom. The highest BCUT2D eigenvalue weighted by atomic mass is 35.5. The molecule has 3 rings (SSSR count). The summed E-state index contributed by atoms with van der Waals surface area (Å²) in [5, 5.41) is 6.36. The van der Waals surface area contributed by atoms with Crippen LogP contribution in [0.4, 0.5) is 0 Å². The summed E-state index contributed by atoms with van der Waals surface area (Å²) in [4.78, 5) is 32.2. The first-order valence-electron chi connectivity index (χ1n) is 9.32. The van der Waals surface area contributed by atoms with Crippen LogP contribution in [0.3, 0.4) is 0 Å². The second-order valence-corrected chi connectivity index (χ2v) is 9.10. The summed E-state index contributed by atoms with van der Waals surface area (Å²) in [5.41, 5.74) is 0.394. The van der Waals surface area contributed by atoms with Crippen LogP contribution >= 0.6 is 34.7 Å². The minimum Gasteiger partial charge on any atom is -0.340 e. The number of rotatable bonds is 7. The molecule has 2 unspecified atom stereocenters. The molecule has 0 spiro atoms. The Morgan fingerprint density at radius 2 is 2.25 bits per heavy atom. The standard InChI is InChI=1S/C20H24ClN3O2S2/c1-27-11-8-17(23-18(25)15-6-2-3-7-16(15)21)20(26)24-10-4-5-14(13-24)19-22-9-12-28-19/h2-3,6-7,9,12,14,17H,4-5,8,10-11,13H2,1H3,(H,23,25). The monoisotopic (exact) mass is 437 g/mol.